The van der Waals surface area contributed by atoms with Gasteiger partial charge in [-0.3, -0.25) is 14.7 Å². The van der Waals surface area contributed by atoms with Crippen molar-refractivity contribution in [3.63, 3.8) is 0 Å². The van der Waals surface area contributed by atoms with Crippen molar-refractivity contribution in [3.8, 4) is 0 Å². The third kappa shape index (κ3) is 3.38. The first-order valence-electron chi connectivity index (χ1n) is 9.75. The lowest BCUT2D eigenvalue weighted by Gasteiger charge is -2.30. The van der Waals surface area contributed by atoms with Gasteiger partial charge in [-0.15, -0.1) is 0 Å². The van der Waals surface area contributed by atoms with Crippen LogP contribution in [0.3, 0.4) is 0 Å². The molecule has 30 heavy (non-hydrogen) atoms. The number of fused-ring (bicyclic) bond motifs is 2. The van der Waals surface area contributed by atoms with Gasteiger partial charge in [-0.25, -0.2) is 9.37 Å². The minimum atomic E-state index is -0.385. The van der Waals surface area contributed by atoms with Gasteiger partial charge >= 0.3 is 0 Å². The van der Waals surface area contributed by atoms with E-state index in [1.807, 2.05) is 18.2 Å². The molecule has 0 unspecified atom stereocenters. The number of carbonyl (C=O) groups is 2. The topological polar surface area (TPSA) is 107 Å². The van der Waals surface area contributed by atoms with Gasteiger partial charge in [0.15, 0.2) is 5.82 Å². The van der Waals surface area contributed by atoms with Gasteiger partial charge in [0.2, 0.25) is 5.91 Å². The van der Waals surface area contributed by atoms with Crippen molar-refractivity contribution in [2.75, 3.05) is 18.4 Å². The molecule has 2 amide bonds. The standard InChI is InChI=1S/C21H19FN6O2/c22-14-1-3-17-18(10-14)26-19(25-17)21(30)28-7-5-12(6-8-28)20(29)24-15-2-4-16-13(9-15)11-23-27-16/h1-4,9-12H,5-8H2,(H,23,27)(H,24,29)(H,25,26). The smallest absolute Gasteiger partial charge is 0.289 e. The van der Waals surface area contributed by atoms with Crippen LogP contribution in [0.2, 0.25) is 0 Å². The van der Waals surface area contributed by atoms with Crippen LogP contribution in [-0.4, -0.2) is 50.0 Å². The molecular weight excluding hydrogens is 387 g/mol. The van der Waals surface area contributed by atoms with Crippen molar-refractivity contribution in [1.29, 1.82) is 0 Å². The molecule has 2 aromatic heterocycles. The number of hydrogen-bond acceptors (Lipinski definition) is 4. The highest BCUT2D eigenvalue weighted by Gasteiger charge is 2.29. The molecule has 5 rings (SSSR count). The van der Waals surface area contributed by atoms with Crippen LogP contribution < -0.4 is 5.32 Å². The van der Waals surface area contributed by atoms with Crippen LogP contribution in [0, 0.1) is 11.7 Å². The molecule has 1 saturated heterocycles. The molecule has 3 N–H and O–H groups in total. The number of benzene rings is 2. The van der Waals surface area contributed by atoms with Crippen LogP contribution in [0.15, 0.2) is 42.6 Å². The van der Waals surface area contributed by atoms with Crippen molar-refractivity contribution >= 4 is 39.4 Å². The third-order valence-corrected chi connectivity index (χ3v) is 5.51. The average molecular weight is 406 g/mol. The Bertz CT molecular complexity index is 1250. The molecule has 3 heterocycles. The fraction of sp³-hybridized carbons (Fsp3) is 0.238. The summed E-state index contributed by atoms with van der Waals surface area (Å²) in [7, 11) is 0. The fourth-order valence-corrected chi connectivity index (χ4v) is 3.84. The van der Waals surface area contributed by atoms with E-state index in [1.165, 1.54) is 18.2 Å². The number of likely N-dealkylation sites (tertiary alicyclic amines) is 1. The first-order chi connectivity index (χ1) is 14.6. The first kappa shape index (κ1) is 18.3. The Morgan fingerprint density at radius 1 is 1.10 bits per heavy atom. The minimum absolute atomic E-state index is 0.0517. The molecule has 1 aliphatic heterocycles. The molecular formula is C21H19FN6O2. The number of hydrogen-bond donors (Lipinski definition) is 3. The zero-order valence-corrected chi connectivity index (χ0v) is 16.0. The van der Waals surface area contributed by atoms with E-state index in [9.17, 15) is 14.0 Å². The van der Waals surface area contributed by atoms with Crippen LogP contribution >= 0.6 is 0 Å². The van der Waals surface area contributed by atoms with E-state index in [0.717, 1.165) is 16.6 Å². The van der Waals surface area contributed by atoms with E-state index in [4.69, 9.17) is 0 Å². The van der Waals surface area contributed by atoms with Crippen molar-refractivity contribution in [2.24, 2.45) is 5.92 Å². The van der Waals surface area contributed by atoms with Crippen LogP contribution in [0.1, 0.15) is 23.5 Å². The molecule has 0 aliphatic carbocycles. The number of anilines is 1. The second kappa shape index (κ2) is 7.25. The molecule has 0 radical (unpaired) electrons. The number of H-pyrrole nitrogens is 2. The lowest BCUT2D eigenvalue weighted by molar-refractivity contribution is -0.121. The Kier molecular flexibility index (Phi) is 4.42. The largest absolute Gasteiger partial charge is 0.336 e. The summed E-state index contributed by atoms with van der Waals surface area (Å²) in [4.78, 5) is 34.2. The molecule has 0 bridgehead atoms. The van der Waals surface area contributed by atoms with Gasteiger partial charge in [0, 0.05) is 30.1 Å². The molecule has 4 aromatic rings. The summed E-state index contributed by atoms with van der Waals surface area (Å²) in [5.74, 6) is -0.658. The lowest BCUT2D eigenvalue weighted by Crippen LogP contribution is -2.41. The van der Waals surface area contributed by atoms with Crippen molar-refractivity contribution in [2.45, 2.75) is 12.8 Å². The van der Waals surface area contributed by atoms with E-state index in [1.54, 1.807) is 11.1 Å². The molecule has 0 atom stereocenters. The van der Waals surface area contributed by atoms with E-state index < -0.39 is 0 Å². The Morgan fingerprint density at radius 3 is 2.77 bits per heavy atom. The second-order valence-corrected chi connectivity index (χ2v) is 7.47. The van der Waals surface area contributed by atoms with Crippen LogP contribution in [-0.2, 0) is 4.79 Å². The van der Waals surface area contributed by atoms with Crippen LogP contribution in [0.5, 0.6) is 0 Å². The summed E-state index contributed by atoms with van der Waals surface area (Å²) >= 11 is 0. The van der Waals surface area contributed by atoms with E-state index in [0.29, 0.717) is 37.0 Å². The number of imidazole rings is 1. The Hall–Kier alpha value is -3.75. The van der Waals surface area contributed by atoms with Gasteiger partial charge in [0.05, 0.1) is 22.7 Å². The molecule has 9 heteroatoms. The van der Waals surface area contributed by atoms with Gasteiger partial charge in [-0.05, 0) is 49.2 Å². The Morgan fingerprint density at radius 2 is 1.93 bits per heavy atom. The lowest BCUT2D eigenvalue weighted by atomic mass is 9.95. The Balaban J connectivity index is 1.21. The number of piperidine rings is 1. The average Bonchev–Trinajstić information content (AvgIpc) is 3.39. The van der Waals surface area contributed by atoms with Gasteiger partial charge in [0.25, 0.3) is 5.91 Å². The number of carbonyl (C=O) groups excluding carboxylic acids is 2. The number of amides is 2. The number of nitrogens with one attached hydrogen (secondary N) is 3. The summed E-state index contributed by atoms with van der Waals surface area (Å²) < 4.78 is 13.4. The van der Waals surface area contributed by atoms with Crippen LogP contribution in [0.4, 0.5) is 10.1 Å². The summed E-state index contributed by atoms with van der Waals surface area (Å²) in [6.45, 7) is 0.923. The highest BCUT2D eigenvalue weighted by molar-refractivity contribution is 5.96. The molecule has 8 nitrogen and oxygen atoms in total. The maximum absolute atomic E-state index is 13.4. The summed E-state index contributed by atoms with van der Waals surface area (Å²) in [5.41, 5.74) is 2.67. The van der Waals surface area contributed by atoms with Gasteiger partial charge in [-0.1, -0.05) is 0 Å². The van der Waals surface area contributed by atoms with Crippen molar-refractivity contribution in [3.05, 3.63) is 54.2 Å². The maximum Gasteiger partial charge on any atom is 0.289 e. The molecule has 1 aliphatic rings. The normalized spacial score (nSPS) is 15.0. The van der Waals surface area contributed by atoms with Crippen LogP contribution in [0.25, 0.3) is 21.9 Å². The number of aromatic nitrogens is 4. The van der Waals surface area contributed by atoms with E-state index in [2.05, 4.69) is 25.5 Å². The third-order valence-electron chi connectivity index (χ3n) is 5.51. The maximum atomic E-state index is 13.4. The highest BCUT2D eigenvalue weighted by Crippen LogP contribution is 2.23. The summed E-state index contributed by atoms with van der Waals surface area (Å²) in [6, 6.07) is 9.75. The highest BCUT2D eigenvalue weighted by atomic mass is 19.1. The molecule has 152 valence electrons. The predicted molar refractivity (Wildman–Crippen MR) is 109 cm³/mol. The first-order valence-corrected chi connectivity index (χ1v) is 9.75. The molecule has 2 aromatic carbocycles. The predicted octanol–water partition coefficient (Wildman–Crippen LogP) is 3.07. The van der Waals surface area contributed by atoms with Gasteiger partial charge in [-0.2, -0.15) is 5.10 Å². The van der Waals surface area contributed by atoms with Gasteiger partial charge < -0.3 is 15.2 Å². The monoisotopic (exact) mass is 406 g/mol. The second-order valence-electron chi connectivity index (χ2n) is 7.47. The quantitative estimate of drug-likeness (QED) is 0.486. The van der Waals surface area contributed by atoms with Crippen molar-refractivity contribution in [1.82, 2.24) is 25.1 Å². The summed E-state index contributed by atoms with van der Waals surface area (Å²) in [6.07, 6.45) is 2.85. The van der Waals surface area contributed by atoms with Crippen molar-refractivity contribution < 1.29 is 14.0 Å². The molecule has 0 saturated carbocycles. The zero-order chi connectivity index (χ0) is 20.7. The van der Waals surface area contributed by atoms with E-state index >= 15 is 0 Å². The number of aromatic amines is 2. The molecule has 1 fully saturated rings. The minimum Gasteiger partial charge on any atom is -0.336 e. The molecule has 0 spiro atoms. The Labute approximate surface area is 170 Å². The fourth-order valence-electron chi connectivity index (χ4n) is 3.84. The summed E-state index contributed by atoms with van der Waals surface area (Å²) in [5, 5.41) is 10.7. The number of halogens is 1. The number of rotatable bonds is 3. The van der Waals surface area contributed by atoms with Gasteiger partial charge in [0.1, 0.15) is 5.82 Å². The zero-order valence-electron chi connectivity index (χ0n) is 16.0. The van der Waals surface area contributed by atoms with E-state index in [-0.39, 0.29) is 29.4 Å². The number of nitrogens with zero attached hydrogens (tertiary/aromatic N) is 3. The SMILES string of the molecule is O=C(Nc1ccc2[nH]ncc2c1)C1CCN(C(=O)c2nc3ccc(F)cc3[nH]2)CC1.